The first-order valence-electron chi connectivity index (χ1n) is 10.7. The minimum absolute atomic E-state index is 0.0498. The number of aromatic nitrogens is 2. The summed E-state index contributed by atoms with van der Waals surface area (Å²) < 4.78 is 17.3. The molecule has 184 valence electrons. The van der Waals surface area contributed by atoms with Gasteiger partial charge in [0.05, 0.1) is 35.8 Å². The van der Waals surface area contributed by atoms with Gasteiger partial charge in [0.1, 0.15) is 5.82 Å². The molecule has 0 fully saturated rings. The van der Waals surface area contributed by atoms with Crippen molar-refractivity contribution in [1.29, 1.82) is 0 Å². The predicted octanol–water partition coefficient (Wildman–Crippen LogP) is 3.85. The number of aryl methyl sites for hydroxylation is 1. The van der Waals surface area contributed by atoms with Crippen molar-refractivity contribution in [1.82, 2.24) is 9.66 Å². The van der Waals surface area contributed by atoms with Crippen molar-refractivity contribution >= 4 is 44.7 Å². The monoisotopic (exact) mass is 546 g/mol. The number of benzene rings is 2. The van der Waals surface area contributed by atoms with E-state index in [2.05, 4.69) is 30.8 Å². The Bertz CT molecular complexity index is 1350. The third-order valence-electron chi connectivity index (χ3n) is 4.79. The molecule has 0 bridgehead atoms. The highest BCUT2D eigenvalue weighted by Crippen LogP contribution is 2.38. The number of nitro benzene ring substituents is 1. The summed E-state index contributed by atoms with van der Waals surface area (Å²) in [6.07, 6.45) is 2.55. The van der Waals surface area contributed by atoms with Crippen LogP contribution in [0.15, 0.2) is 44.7 Å². The Balaban J connectivity index is 2.11. The maximum absolute atomic E-state index is 13.2. The van der Waals surface area contributed by atoms with E-state index in [1.165, 1.54) is 30.1 Å². The Morgan fingerprint density at radius 1 is 1.26 bits per heavy atom. The SMILES string of the molecule is CCCc1nc2ccc(Br)cc2c(=O)n1N=Cc1cc(OCC)c(OCC(=O)OC)c([N+](=O)[O-])c1. The van der Waals surface area contributed by atoms with Crippen molar-refractivity contribution in [3.05, 3.63) is 66.7 Å². The Hall–Kier alpha value is -3.80. The molecule has 2 aromatic carbocycles. The molecule has 0 N–H and O–H groups in total. The molecule has 0 saturated heterocycles. The summed E-state index contributed by atoms with van der Waals surface area (Å²) >= 11 is 3.36. The van der Waals surface area contributed by atoms with Crippen molar-refractivity contribution in [3.63, 3.8) is 0 Å². The van der Waals surface area contributed by atoms with Gasteiger partial charge in [0.2, 0.25) is 5.75 Å². The summed E-state index contributed by atoms with van der Waals surface area (Å²) in [4.78, 5) is 40.3. The number of esters is 1. The van der Waals surface area contributed by atoms with Gasteiger partial charge in [0.25, 0.3) is 5.56 Å². The molecule has 35 heavy (non-hydrogen) atoms. The van der Waals surface area contributed by atoms with E-state index in [9.17, 15) is 19.7 Å². The molecule has 0 aliphatic heterocycles. The molecule has 12 heteroatoms. The molecule has 0 aliphatic rings. The van der Waals surface area contributed by atoms with Crippen LogP contribution in [0.25, 0.3) is 10.9 Å². The van der Waals surface area contributed by atoms with E-state index in [-0.39, 0.29) is 29.2 Å². The van der Waals surface area contributed by atoms with E-state index in [1.54, 1.807) is 25.1 Å². The maximum Gasteiger partial charge on any atom is 0.343 e. The molecule has 0 radical (unpaired) electrons. The molecular weight excluding hydrogens is 524 g/mol. The first-order valence-corrected chi connectivity index (χ1v) is 11.5. The molecule has 0 unspecified atom stereocenters. The van der Waals surface area contributed by atoms with Gasteiger partial charge in [-0.3, -0.25) is 14.9 Å². The fraction of sp³-hybridized carbons (Fsp3) is 0.304. The van der Waals surface area contributed by atoms with Crippen molar-refractivity contribution < 1.29 is 23.9 Å². The Kier molecular flexibility index (Phi) is 8.53. The first-order chi connectivity index (χ1) is 16.8. The quantitative estimate of drug-likeness (QED) is 0.162. The van der Waals surface area contributed by atoms with Crippen LogP contribution in [0.5, 0.6) is 11.5 Å². The van der Waals surface area contributed by atoms with E-state index in [0.29, 0.717) is 23.1 Å². The van der Waals surface area contributed by atoms with Gasteiger partial charge in [-0.05, 0) is 37.6 Å². The second kappa shape index (κ2) is 11.6. The van der Waals surface area contributed by atoms with Gasteiger partial charge < -0.3 is 14.2 Å². The van der Waals surface area contributed by atoms with Crippen LogP contribution < -0.4 is 15.0 Å². The van der Waals surface area contributed by atoms with Crippen LogP contribution in [0.4, 0.5) is 5.69 Å². The normalized spacial score (nSPS) is 11.1. The topological polar surface area (TPSA) is 135 Å². The fourth-order valence-corrected chi connectivity index (χ4v) is 3.60. The second-order valence-corrected chi connectivity index (χ2v) is 8.14. The van der Waals surface area contributed by atoms with Gasteiger partial charge in [0.15, 0.2) is 12.4 Å². The van der Waals surface area contributed by atoms with Crippen LogP contribution in [-0.4, -0.2) is 47.1 Å². The molecule has 0 atom stereocenters. The molecule has 0 aliphatic carbocycles. The second-order valence-electron chi connectivity index (χ2n) is 7.22. The van der Waals surface area contributed by atoms with Gasteiger partial charge in [0, 0.05) is 22.5 Å². The number of ether oxygens (including phenoxy) is 3. The summed E-state index contributed by atoms with van der Waals surface area (Å²) in [6, 6.07) is 7.91. The van der Waals surface area contributed by atoms with E-state index in [1.807, 2.05) is 6.92 Å². The van der Waals surface area contributed by atoms with Crippen molar-refractivity contribution in [2.45, 2.75) is 26.7 Å². The highest BCUT2D eigenvalue weighted by Gasteiger charge is 2.23. The van der Waals surface area contributed by atoms with Crippen LogP contribution in [0, 0.1) is 10.1 Å². The fourth-order valence-electron chi connectivity index (χ4n) is 3.24. The number of nitro groups is 1. The predicted molar refractivity (Wildman–Crippen MR) is 132 cm³/mol. The van der Waals surface area contributed by atoms with Gasteiger partial charge in [-0.15, -0.1) is 0 Å². The van der Waals surface area contributed by atoms with Gasteiger partial charge in [-0.2, -0.15) is 9.78 Å². The minimum atomic E-state index is -0.703. The number of halogens is 1. The average Bonchev–Trinajstić information content (AvgIpc) is 2.83. The number of nitrogens with zero attached hydrogens (tertiary/aromatic N) is 4. The zero-order chi connectivity index (χ0) is 25.5. The van der Waals surface area contributed by atoms with Crippen LogP contribution in [0.2, 0.25) is 0 Å². The summed E-state index contributed by atoms with van der Waals surface area (Å²) in [6.45, 7) is 3.32. The molecule has 1 heterocycles. The largest absolute Gasteiger partial charge is 0.490 e. The van der Waals surface area contributed by atoms with E-state index in [4.69, 9.17) is 9.47 Å². The number of methoxy groups -OCH3 is 1. The Morgan fingerprint density at radius 2 is 2.03 bits per heavy atom. The maximum atomic E-state index is 13.2. The zero-order valence-corrected chi connectivity index (χ0v) is 20.9. The van der Waals surface area contributed by atoms with Gasteiger partial charge >= 0.3 is 11.7 Å². The van der Waals surface area contributed by atoms with Crippen LogP contribution in [-0.2, 0) is 16.0 Å². The average molecular weight is 547 g/mol. The van der Waals surface area contributed by atoms with Gasteiger partial charge in [-0.25, -0.2) is 9.78 Å². The first kappa shape index (κ1) is 25.8. The number of hydrogen-bond acceptors (Lipinski definition) is 9. The molecule has 0 spiro atoms. The third kappa shape index (κ3) is 6.01. The number of fused-ring (bicyclic) bond motifs is 1. The minimum Gasteiger partial charge on any atom is -0.490 e. The molecule has 0 amide bonds. The van der Waals surface area contributed by atoms with Crippen molar-refractivity contribution in [3.8, 4) is 11.5 Å². The summed E-state index contributed by atoms with van der Waals surface area (Å²) in [7, 11) is 1.18. The van der Waals surface area contributed by atoms with Crippen molar-refractivity contribution in [2.75, 3.05) is 20.3 Å². The lowest BCUT2D eigenvalue weighted by atomic mass is 10.2. The Labute approximate surface area is 208 Å². The van der Waals surface area contributed by atoms with Gasteiger partial charge in [-0.1, -0.05) is 22.9 Å². The standard InChI is InChI=1S/C23H23BrN4O7/c1-4-6-20-26-17-8-7-15(24)11-16(17)23(30)27(20)25-12-14-9-18(28(31)32)22(19(10-14)34-5-2)35-13-21(29)33-3/h7-12H,4-6,13H2,1-3H3. The molecule has 3 aromatic rings. The lowest BCUT2D eigenvalue weighted by Crippen LogP contribution is -2.22. The zero-order valence-electron chi connectivity index (χ0n) is 19.3. The van der Waals surface area contributed by atoms with E-state index in [0.717, 1.165) is 10.9 Å². The van der Waals surface area contributed by atoms with Crippen LogP contribution in [0.3, 0.4) is 0 Å². The number of hydrogen-bond donors (Lipinski definition) is 0. The molecule has 11 nitrogen and oxygen atoms in total. The molecule has 3 rings (SSSR count). The third-order valence-corrected chi connectivity index (χ3v) is 5.28. The number of carbonyl (C=O) groups excluding carboxylic acids is 1. The summed E-state index contributed by atoms with van der Waals surface area (Å²) in [5.74, 6) is -0.402. The highest BCUT2D eigenvalue weighted by molar-refractivity contribution is 9.10. The summed E-state index contributed by atoms with van der Waals surface area (Å²) in [5, 5.41) is 16.4. The lowest BCUT2D eigenvalue weighted by Gasteiger charge is -2.12. The van der Waals surface area contributed by atoms with Crippen LogP contribution in [0.1, 0.15) is 31.7 Å². The number of carbonyl (C=O) groups is 1. The van der Waals surface area contributed by atoms with E-state index >= 15 is 0 Å². The Morgan fingerprint density at radius 3 is 2.69 bits per heavy atom. The highest BCUT2D eigenvalue weighted by atomic mass is 79.9. The smallest absolute Gasteiger partial charge is 0.343 e. The lowest BCUT2D eigenvalue weighted by molar-refractivity contribution is -0.385. The summed E-state index contributed by atoms with van der Waals surface area (Å²) in [5.41, 5.74) is 0.0419. The molecule has 1 aromatic heterocycles. The molecule has 0 saturated carbocycles. The number of rotatable bonds is 10. The molecular formula is C23H23BrN4O7. The van der Waals surface area contributed by atoms with Crippen LogP contribution >= 0.6 is 15.9 Å². The van der Waals surface area contributed by atoms with E-state index < -0.39 is 23.2 Å². The van der Waals surface area contributed by atoms with Crippen molar-refractivity contribution in [2.24, 2.45) is 5.10 Å².